The van der Waals surface area contributed by atoms with Gasteiger partial charge in [0.25, 0.3) is 0 Å². The smallest absolute Gasteiger partial charge is 0.113 e. The molecule has 0 radical (unpaired) electrons. The monoisotopic (exact) mass is 296 g/mol. The van der Waals surface area contributed by atoms with E-state index in [1.165, 1.54) is 15.6 Å². The van der Waals surface area contributed by atoms with Crippen molar-refractivity contribution in [1.82, 2.24) is 10.3 Å². The van der Waals surface area contributed by atoms with E-state index in [1.54, 1.807) is 0 Å². The van der Waals surface area contributed by atoms with Crippen LogP contribution in [-0.4, -0.2) is 23.7 Å². The Morgan fingerprint density at radius 3 is 2.50 bits per heavy atom. The molecule has 0 aliphatic carbocycles. The number of nitrogens with one attached hydrogen (secondary N) is 1. The molecule has 2 heterocycles. The van der Waals surface area contributed by atoms with E-state index in [2.05, 4.69) is 46.9 Å². The molecule has 1 aliphatic rings. The van der Waals surface area contributed by atoms with Crippen LogP contribution in [0.15, 0.2) is 0 Å². The van der Waals surface area contributed by atoms with Crippen molar-refractivity contribution < 1.29 is 4.74 Å². The van der Waals surface area contributed by atoms with Crippen LogP contribution in [0.3, 0.4) is 0 Å². The van der Waals surface area contributed by atoms with Gasteiger partial charge < -0.3 is 10.1 Å². The fourth-order valence-corrected chi connectivity index (χ4v) is 4.04. The molecule has 1 saturated heterocycles. The molecule has 4 heteroatoms. The Bertz CT molecular complexity index is 436. The molecule has 3 nitrogen and oxygen atoms in total. The fraction of sp³-hybridized carbons (Fsp3) is 0.812. The third-order valence-electron chi connectivity index (χ3n) is 4.16. The third-order valence-corrected chi connectivity index (χ3v) is 5.43. The molecule has 0 spiro atoms. The molecule has 1 aromatic rings. The molecule has 1 aliphatic heterocycles. The zero-order valence-corrected chi connectivity index (χ0v) is 14.4. The first kappa shape index (κ1) is 15.9. The summed E-state index contributed by atoms with van der Waals surface area (Å²) in [5, 5.41) is 5.05. The number of thiazole rings is 1. The van der Waals surface area contributed by atoms with Crippen LogP contribution in [0, 0.1) is 19.8 Å². The molecule has 0 bridgehead atoms. The maximum absolute atomic E-state index is 5.97. The van der Waals surface area contributed by atoms with Crippen LogP contribution in [0.2, 0.25) is 0 Å². The predicted molar refractivity (Wildman–Crippen MR) is 85.3 cm³/mol. The second-order valence-electron chi connectivity index (χ2n) is 6.65. The summed E-state index contributed by atoms with van der Waals surface area (Å²) < 4.78 is 5.97. The molecule has 2 unspecified atom stereocenters. The SMILES string of the molecule is Cc1nc(C2(NC(C)C)CCOC(C(C)C)C2)sc1C. The largest absolute Gasteiger partial charge is 0.378 e. The van der Waals surface area contributed by atoms with Crippen LogP contribution < -0.4 is 5.32 Å². The first-order valence-corrected chi connectivity index (χ1v) is 8.49. The molecule has 0 amide bonds. The van der Waals surface area contributed by atoms with Gasteiger partial charge >= 0.3 is 0 Å². The van der Waals surface area contributed by atoms with Crippen molar-refractivity contribution in [2.45, 2.75) is 72.1 Å². The Balaban J connectivity index is 2.34. The molecule has 114 valence electrons. The Hall–Kier alpha value is -0.450. The third kappa shape index (κ3) is 3.23. The van der Waals surface area contributed by atoms with Crippen LogP contribution in [0.5, 0.6) is 0 Å². The summed E-state index contributed by atoms with van der Waals surface area (Å²) in [5.74, 6) is 0.547. The van der Waals surface area contributed by atoms with E-state index in [0.717, 1.165) is 19.4 Å². The maximum atomic E-state index is 5.97. The summed E-state index contributed by atoms with van der Waals surface area (Å²) in [6, 6.07) is 0.449. The number of aromatic nitrogens is 1. The van der Waals surface area contributed by atoms with Gasteiger partial charge in [-0.25, -0.2) is 4.98 Å². The average molecular weight is 296 g/mol. The van der Waals surface area contributed by atoms with Crippen molar-refractivity contribution in [2.75, 3.05) is 6.61 Å². The van der Waals surface area contributed by atoms with Crippen LogP contribution in [-0.2, 0) is 10.3 Å². The van der Waals surface area contributed by atoms with Crippen LogP contribution in [0.25, 0.3) is 0 Å². The maximum Gasteiger partial charge on any atom is 0.113 e. The van der Waals surface area contributed by atoms with E-state index in [4.69, 9.17) is 9.72 Å². The minimum absolute atomic E-state index is 0.00889. The molecule has 1 N–H and O–H groups in total. The summed E-state index contributed by atoms with van der Waals surface area (Å²) in [7, 11) is 0. The van der Waals surface area contributed by atoms with E-state index in [1.807, 2.05) is 11.3 Å². The highest BCUT2D eigenvalue weighted by atomic mass is 32.1. The highest BCUT2D eigenvalue weighted by molar-refractivity contribution is 7.11. The van der Waals surface area contributed by atoms with E-state index < -0.39 is 0 Å². The number of hydrogen-bond acceptors (Lipinski definition) is 4. The summed E-state index contributed by atoms with van der Waals surface area (Å²) >= 11 is 1.85. The quantitative estimate of drug-likeness (QED) is 0.918. The lowest BCUT2D eigenvalue weighted by Crippen LogP contribution is -2.52. The highest BCUT2D eigenvalue weighted by Crippen LogP contribution is 2.39. The average Bonchev–Trinajstić information content (AvgIpc) is 2.69. The Morgan fingerprint density at radius 1 is 1.30 bits per heavy atom. The standard InChI is InChI=1S/C16H28N2OS/c1-10(2)14-9-16(7-8-19-14,18-11(3)4)15-17-12(5)13(6)20-15/h10-11,14,18H,7-9H2,1-6H3. The normalized spacial score (nSPS) is 27.5. The van der Waals surface area contributed by atoms with E-state index >= 15 is 0 Å². The highest BCUT2D eigenvalue weighted by Gasteiger charge is 2.42. The molecule has 1 aromatic heterocycles. The van der Waals surface area contributed by atoms with Gasteiger partial charge in [0, 0.05) is 17.5 Å². The Morgan fingerprint density at radius 2 is 2.00 bits per heavy atom. The molecule has 0 saturated carbocycles. The molecular weight excluding hydrogens is 268 g/mol. The summed E-state index contributed by atoms with van der Waals surface area (Å²) in [6.07, 6.45) is 2.36. The van der Waals surface area contributed by atoms with Crippen molar-refractivity contribution in [3.8, 4) is 0 Å². The molecule has 20 heavy (non-hydrogen) atoms. The van der Waals surface area contributed by atoms with Gasteiger partial charge in [0.05, 0.1) is 17.3 Å². The first-order chi connectivity index (χ1) is 9.34. The lowest BCUT2D eigenvalue weighted by molar-refractivity contribution is -0.0554. The van der Waals surface area contributed by atoms with Crippen LogP contribution >= 0.6 is 11.3 Å². The van der Waals surface area contributed by atoms with Crippen LogP contribution in [0.4, 0.5) is 0 Å². The number of nitrogens with zero attached hydrogens (tertiary/aromatic N) is 1. The van der Waals surface area contributed by atoms with Gasteiger partial charge in [-0.05, 0) is 46.5 Å². The van der Waals surface area contributed by atoms with Gasteiger partial charge in [-0.1, -0.05) is 13.8 Å². The van der Waals surface area contributed by atoms with Gasteiger partial charge in [0.2, 0.25) is 0 Å². The molecule has 0 aromatic carbocycles. The van der Waals surface area contributed by atoms with Gasteiger partial charge in [-0.3, -0.25) is 0 Å². The lowest BCUT2D eigenvalue weighted by Gasteiger charge is -2.43. The molecule has 1 fully saturated rings. The lowest BCUT2D eigenvalue weighted by atomic mass is 9.83. The number of aryl methyl sites for hydroxylation is 2. The molecule has 2 rings (SSSR count). The predicted octanol–water partition coefficient (Wildman–Crippen LogP) is 3.79. The van der Waals surface area contributed by atoms with E-state index in [-0.39, 0.29) is 5.54 Å². The second-order valence-corrected chi connectivity index (χ2v) is 7.85. The van der Waals surface area contributed by atoms with Gasteiger partial charge in [0.15, 0.2) is 0 Å². The van der Waals surface area contributed by atoms with E-state index in [9.17, 15) is 0 Å². The van der Waals surface area contributed by atoms with Crippen molar-refractivity contribution in [2.24, 2.45) is 5.92 Å². The van der Waals surface area contributed by atoms with Crippen LogP contribution in [0.1, 0.15) is 56.1 Å². The van der Waals surface area contributed by atoms with Crippen molar-refractivity contribution in [3.05, 3.63) is 15.6 Å². The zero-order chi connectivity index (χ0) is 14.9. The Kier molecular flexibility index (Phi) is 4.88. The topological polar surface area (TPSA) is 34.2 Å². The van der Waals surface area contributed by atoms with Crippen molar-refractivity contribution in [3.63, 3.8) is 0 Å². The zero-order valence-electron chi connectivity index (χ0n) is 13.6. The number of ether oxygens (including phenoxy) is 1. The summed E-state index contributed by atoms with van der Waals surface area (Å²) in [5.41, 5.74) is 1.16. The summed E-state index contributed by atoms with van der Waals surface area (Å²) in [4.78, 5) is 6.18. The second kappa shape index (κ2) is 6.12. The molecule has 2 atom stereocenters. The number of rotatable bonds is 4. The number of hydrogen-bond donors (Lipinski definition) is 1. The fourth-order valence-electron chi connectivity index (χ4n) is 2.93. The minimum atomic E-state index is -0.00889. The van der Waals surface area contributed by atoms with Gasteiger partial charge in [-0.15, -0.1) is 11.3 Å². The van der Waals surface area contributed by atoms with Crippen molar-refractivity contribution >= 4 is 11.3 Å². The van der Waals surface area contributed by atoms with Crippen molar-refractivity contribution in [1.29, 1.82) is 0 Å². The molecular formula is C16H28N2OS. The van der Waals surface area contributed by atoms with Gasteiger partial charge in [-0.2, -0.15) is 0 Å². The summed E-state index contributed by atoms with van der Waals surface area (Å²) in [6.45, 7) is 14.0. The van der Waals surface area contributed by atoms with Gasteiger partial charge in [0.1, 0.15) is 5.01 Å². The van der Waals surface area contributed by atoms with E-state index in [0.29, 0.717) is 18.1 Å². The minimum Gasteiger partial charge on any atom is -0.378 e. The Labute approximate surface area is 127 Å². The first-order valence-electron chi connectivity index (χ1n) is 7.68.